The van der Waals surface area contributed by atoms with E-state index in [0.29, 0.717) is 5.82 Å². The van der Waals surface area contributed by atoms with Gasteiger partial charge in [-0.05, 0) is 12.0 Å². The molecule has 0 aliphatic heterocycles. The van der Waals surface area contributed by atoms with Crippen LogP contribution in [-0.2, 0) is 13.5 Å². The summed E-state index contributed by atoms with van der Waals surface area (Å²) in [5.74, 6) is 0.630. The van der Waals surface area contributed by atoms with Gasteiger partial charge >= 0.3 is 6.03 Å². The molecule has 2 rings (SSSR count). The molecule has 0 saturated carbocycles. The van der Waals surface area contributed by atoms with Crippen molar-refractivity contribution in [3.63, 3.8) is 0 Å². The van der Waals surface area contributed by atoms with Gasteiger partial charge in [0, 0.05) is 13.1 Å². The number of aliphatic hydroxyl groups excluding tert-OH is 1. The first-order chi connectivity index (χ1) is 10.6. The molecular formula is C16H22N4O2. The molecule has 2 aromatic rings. The van der Waals surface area contributed by atoms with Gasteiger partial charge in [0.1, 0.15) is 5.82 Å². The van der Waals surface area contributed by atoms with Gasteiger partial charge in [0.15, 0.2) is 0 Å². The number of urea groups is 1. The molecule has 1 aromatic carbocycles. The van der Waals surface area contributed by atoms with Crippen LogP contribution >= 0.6 is 0 Å². The lowest BCUT2D eigenvalue weighted by molar-refractivity contribution is 0.225. The highest BCUT2D eigenvalue weighted by Crippen LogP contribution is 2.13. The minimum Gasteiger partial charge on any atom is -0.394 e. The predicted octanol–water partition coefficient (Wildman–Crippen LogP) is 2.23. The maximum absolute atomic E-state index is 12.1. The van der Waals surface area contributed by atoms with Crippen LogP contribution in [-0.4, -0.2) is 27.5 Å². The van der Waals surface area contributed by atoms with Crippen LogP contribution in [0.4, 0.5) is 10.6 Å². The molecule has 118 valence electrons. The lowest BCUT2D eigenvalue weighted by atomic mass is 10.1. The third-order valence-corrected chi connectivity index (χ3v) is 3.37. The molecule has 0 aliphatic rings. The van der Waals surface area contributed by atoms with E-state index in [1.807, 2.05) is 36.4 Å². The summed E-state index contributed by atoms with van der Waals surface area (Å²) in [7, 11) is 1.79. The van der Waals surface area contributed by atoms with Gasteiger partial charge < -0.3 is 10.4 Å². The first-order valence-corrected chi connectivity index (χ1v) is 7.40. The van der Waals surface area contributed by atoms with Gasteiger partial charge in [-0.2, -0.15) is 5.10 Å². The van der Waals surface area contributed by atoms with Gasteiger partial charge in [-0.3, -0.25) is 10.00 Å². The van der Waals surface area contributed by atoms with E-state index in [-0.39, 0.29) is 12.6 Å². The quantitative estimate of drug-likeness (QED) is 0.765. The maximum atomic E-state index is 12.1. The number of benzene rings is 1. The van der Waals surface area contributed by atoms with Crippen molar-refractivity contribution in [2.45, 2.75) is 25.8 Å². The van der Waals surface area contributed by atoms with E-state index in [1.165, 1.54) is 0 Å². The second-order valence-corrected chi connectivity index (χ2v) is 5.14. The fraction of sp³-hybridized carbons (Fsp3) is 0.375. The number of nitrogens with zero attached hydrogens (tertiary/aromatic N) is 2. The van der Waals surface area contributed by atoms with Crippen molar-refractivity contribution in [2.75, 3.05) is 11.9 Å². The largest absolute Gasteiger partial charge is 0.394 e. The molecule has 22 heavy (non-hydrogen) atoms. The minimum absolute atomic E-state index is 0.163. The number of carbonyl (C=O) groups is 1. The Balaban J connectivity index is 2.00. The summed E-state index contributed by atoms with van der Waals surface area (Å²) in [5, 5.41) is 19.3. The molecular weight excluding hydrogens is 280 g/mol. The molecule has 0 unspecified atom stereocenters. The van der Waals surface area contributed by atoms with Crippen molar-refractivity contribution < 1.29 is 9.90 Å². The Bertz CT molecular complexity index is 610. The van der Waals surface area contributed by atoms with Crippen LogP contribution in [0.15, 0.2) is 36.4 Å². The van der Waals surface area contributed by atoms with E-state index in [1.54, 1.807) is 11.7 Å². The van der Waals surface area contributed by atoms with Crippen LogP contribution in [0.25, 0.3) is 0 Å². The fourth-order valence-corrected chi connectivity index (χ4v) is 2.25. The number of aliphatic hydroxyl groups is 1. The third kappa shape index (κ3) is 4.08. The lowest BCUT2D eigenvalue weighted by Crippen LogP contribution is -2.34. The van der Waals surface area contributed by atoms with E-state index in [4.69, 9.17) is 0 Å². The van der Waals surface area contributed by atoms with Crippen molar-refractivity contribution in [2.24, 2.45) is 7.05 Å². The van der Waals surface area contributed by atoms with Crippen molar-refractivity contribution in [3.05, 3.63) is 47.7 Å². The molecule has 0 spiro atoms. The monoisotopic (exact) mass is 302 g/mol. The number of anilines is 1. The van der Waals surface area contributed by atoms with Gasteiger partial charge in [-0.25, -0.2) is 4.79 Å². The number of nitrogens with one attached hydrogen (secondary N) is 2. The summed E-state index contributed by atoms with van der Waals surface area (Å²) in [6.07, 6.45) is 1.88. The summed E-state index contributed by atoms with van der Waals surface area (Å²) in [5.41, 5.74) is 1.80. The average molecular weight is 302 g/mol. The van der Waals surface area contributed by atoms with Crippen molar-refractivity contribution in [3.8, 4) is 0 Å². The zero-order valence-electron chi connectivity index (χ0n) is 12.9. The summed E-state index contributed by atoms with van der Waals surface area (Å²) in [4.78, 5) is 12.1. The molecule has 0 aliphatic carbocycles. The Hall–Kier alpha value is -2.34. The number of hydrogen-bond acceptors (Lipinski definition) is 3. The molecule has 1 aromatic heterocycles. The highest BCUT2D eigenvalue weighted by molar-refractivity contribution is 5.88. The smallest absolute Gasteiger partial charge is 0.320 e. The minimum atomic E-state index is -0.440. The molecule has 6 nitrogen and oxygen atoms in total. The Morgan fingerprint density at radius 1 is 1.36 bits per heavy atom. The van der Waals surface area contributed by atoms with Gasteiger partial charge in [-0.1, -0.05) is 43.7 Å². The Labute approximate surface area is 130 Å². The van der Waals surface area contributed by atoms with E-state index in [0.717, 1.165) is 24.1 Å². The Morgan fingerprint density at radius 3 is 2.73 bits per heavy atom. The first-order valence-electron chi connectivity index (χ1n) is 7.40. The summed E-state index contributed by atoms with van der Waals surface area (Å²) in [6.45, 7) is 1.92. The van der Waals surface area contributed by atoms with E-state index >= 15 is 0 Å². The van der Waals surface area contributed by atoms with Crippen LogP contribution < -0.4 is 10.6 Å². The zero-order valence-corrected chi connectivity index (χ0v) is 12.9. The number of aryl methyl sites for hydroxylation is 2. The Kier molecular flexibility index (Phi) is 5.55. The zero-order chi connectivity index (χ0) is 15.9. The van der Waals surface area contributed by atoms with E-state index in [2.05, 4.69) is 22.7 Å². The standard InChI is InChI=1S/C16H22N4O2/c1-3-7-13-10-15(20(2)19-13)18-16(22)17-14(11-21)12-8-5-4-6-9-12/h4-6,8-10,14,21H,3,7,11H2,1-2H3,(H2,17,18,22)/t14-/m1/s1. The van der Waals surface area contributed by atoms with Gasteiger partial charge in [0.2, 0.25) is 0 Å². The van der Waals surface area contributed by atoms with Crippen molar-refractivity contribution in [1.82, 2.24) is 15.1 Å². The normalized spacial score (nSPS) is 12.0. The topological polar surface area (TPSA) is 79.2 Å². The summed E-state index contributed by atoms with van der Waals surface area (Å²) in [6, 6.07) is 10.4. The van der Waals surface area contributed by atoms with Gasteiger partial charge in [0.25, 0.3) is 0 Å². The van der Waals surface area contributed by atoms with Gasteiger partial charge in [-0.15, -0.1) is 0 Å². The molecule has 2 amide bonds. The highest BCUT2D eigenvalue weighted by Gasteiger charge is 2.14. The predicted molar refractivity (Wildman–Crippen MR) is 85.6 cm³/mol. The van der Waals surface area contributed by atoms with Crippen LogP contribution in [0.2, 0.25) is 0 Å². The highest BCUT2D eigenvalue weighted by atomic mass is 16.3. The lowest BCUT2D eigenvalue weighted by Gasteiger charge is -2.17. The maximum Gasteiger partial charge on any atom is 0.320 e. The number of amides is 2. The average Bonchev–Trinajstić information content (AvgIpc) is 2.86. The molecule has 1 heterocycles. The van der Waals surface area contributed by atoms with Crippen LogP contribution in [0.3, 0.4) is 0 Å². The van der Waals surface area contributed by atoms with Crippen LogP contribution in [0.5, 0.6) is 0 Å². The van der Waals surface area contributed by atoms with Gasteiger partial charge in [0.05, 0.1) is 18.3 Å². The molecule has 0 saturated heterocycles. The second-order valence-electron chi connectivity index (χ2n) is 5.14. The van der Waals surface area contributed by atoms with Crippen LogP contribution in [0, 0.1) is 0 Å². The second kappa shape index (κ2) is 7.61. The molecule has 6 heteroatoms. The summed E-state index contributed by atoms with van der Waals surface area (Å²) >= 11 is 0. The SMILES string of the molecule is CCCc1cc(NC(=O)N[C@H](CO)c2ccccc2)n(C)n1. The molecule has 0 radical (unpaired) electrons. The van der Waals surface area contributed by atoms with E-state index in [9.17, 15) is 9.90 Å². The molecule has 0 bridgehead atoms. The first kappa shape index (κ1) is 16.0. The molecule has 3 N–H and O–H groups in total. The number of aromatic nitrogens is 2. The fourth-order valence-electron chi connectivity index (χ4n) is 2.25. The van der Waals surface area contributed by atoms with E-state index < -0.39 is 6.04 Å². The summed E-state index contributed by atoms with van der Waals surface area (Å²) < 4.78 is 1.64. The number of carbonyl (C=O) groups excluding carboxylic acids is 1. The van der Waals surface area contributed by atoms with Crippen molar-refractivity contribution in [1.29, 1.82) is 0 Å². The molecule has 0 fully saturated rings. The number of hydrogen-bond donors (Lipinski definition) is 3. The number of rotatable bonds is 6. The van der Waals surface area contributed by atoms with Crippen molar-refractivity contribution >= 4 is 11.8 Å². The Morgan fingerprint density at radius 2 is 2.09 bits per heavy atom. The third-order valence-electron chi connectivity index (χ3n) is 3.37. The van der Waals surface area contributed by atoms with Crippen LogP contribution in [0.1, 0.15) is 30.6 Å². The molecule has 1 atom stereocenters.